The lowest BCUT2D eigenvalue weighted by Crippen LogP contribution is -2.48. The van der Waals surface area contributed by atoms with Crippen LogP contribution >= 0.6 is 11.6 Å². The Hall–Kier alpha value is -2.54. The van der Waals surface area contributed by atoms with Crippen LogP contribution in [0.25, 0.3) is 11.3 Å². The van der Waals surface area contributed by atoms with Crippen molar-refractivity contribution >= 4 is 23.2 Å². The van der Waals surface area contributed by atoms with Crippen LogP contribution in [0.1, 0.15) is 12.5 Å². The highest BCUT2D eigenvalue weighted by Crippen LogP contribution is 2.21. The molecule has 2 N–H and O–H groups in total. The highest BCUT2D eigenvalue weighted by molar-refractivity contribution is 6.29. The van der Waals surface area contributed by atoms with Gasteiger partial charge in [-0.25, -0.2) is 15.0 Å². The topological polar surface area (TPSA) is 66.0 Å². The third-order valence-electron chi connectivity index (χ3n) is 4.72. The Bertz CT molecular complexity index is 930. The Morgan fingerprint density at radius 1 is 1.21 bits per heavy atom. The number of nitrogens with zero attached hydrogens (tertiary/aromatic N) is 4. The minimum atomic E-state index is 0.465. The number of benzene rings is 1. The van der Waals surface area contributed by atoms with Crippen LogP contribution in [0.5, 0.6) is 0 Å². The number of pyridine rings is 1. The molecule has 0 bridgehead atoms. The first-order chi connectivity index (χ1) is 13.7. The summed E-state index contributed by atoms with van der Waals surface area (Å²) in [6, 6.07) is 14.5. The lowest BCUT2D eigenvalue weighted by atomic mass is 10.1. The van der Waals surface area contributed by atoms with Crippen LogP contribution in [-0.2, 0) is 6.54 Å². The van der Waals surface area contributed by atoms with Crippen molar-refractivity contribution in [2.75, 3.05) is 25.0 Å². The summed E-state index contributed by atoms with van der Waals surface area (Å²) in [5, 5.41) is 7.26. The molecule has 0 radical (unpaired) electrons. The fourth-order valence-electron chi connectivity index (χ4n) is 3.40. The van der Waals surface area contributed by atoms with Crippen molar-refractivity contribution in [2.45, 2.75) is 19.5 Å². The van der Waals surface area contributed by atoms with Gasteiger partial charge in [-0.2, -0.15) is 0 Å². The highest BCUT2D eigenvalue weighted by atomic mass is 35.5. The first-order valence-corrected chi connectivity index (χ1v) is 9.80. The molecule has 1 unspecified atom stereocenters. The molecule has 144 valence electrons. The summed E-state index contributed by atoms with van der Waals surface area (Å²) < 4.78 is 0. The Morgan fingerprint density at radius 2 is 2.14 bits per heavy atom. The molecule has 1 atom stereocenters. The molecule has 3 aromatic rings. The van der Waals surface area contributed by atoms with Crippen molar-refractivity contribution in [3.63, 3.8) is 0 Å². The minimum Gasteiger partial charge on any atom is -0.324 e. The first-order valence-electron chi connectivity index (χ1n) is 9.42. The Kier molecular flexibility index (Phi) is 5.81. The molecular weight excluding hydrogens is 372 g/mol. The van der Waals surface area contributed by atoms with E-state index >= 15 is 0 Å². The summed E-state index contributed by atoms with van der Waals surface area (Å²) in [6.45, 7) is 6.35. The molecule has 1 aliphatic rings. The van der Waals surface area contributed by atoms with Crippen LogP contribution in [0.4, 0.5) is 11.6 Å². The van der Waals surface area contributed by atoms with Crippen molar-refractivity contribution < 1.29 is 0 Å². The minimum absolute atomic E-state index is 0.465. The molecule has 28 heavy (non-hydrogen) atoms. The largest absolute Gasteiger partial charge is 0.324 e. The second-order valence-electron chi connectivity index (χ2n) is 7.05. The van der Waals surface area contributed by atoms with Crippen LogP contribution < -0.4 is 10.6 Å². The van der Waals surface area contributed by atoms with Gasteiger partial charge in [-0.05, 0) is 42.8 Å². The number of aromatic nitrogens is 3. The summed E-state index contributed by atoms with van der Waals surface area (Å²) >= 11 is 5.87. The number of piperazine rings is 1. The molecule has 7 heteroatoms. The summed E-state index contributed by atoms with van der Waals surface area (Å²) in [5.74, 6) is 0.556. The molecule has 0 amide bonds. The van der Waals surface area contributed by atoms with E-state index in [2.05, 4.69) is 55.6 Å². The number of nitrogens with one attached hydrogen (secondary N) is 2. The van der Waals surface area contributed by atoms with Gasteiger partial charge in [0.05, 0.1) is 5.69 Å². The van der Waals surface area contributed by atoms with E-state index in [1.807, 2.05) is 18.2 Å². The predicted molar refractivity (Wildman–Crippen MR) is 113 cm³/mol. The molecule has 0 aliphatic carbocycles. The smallest absolute Gasteiger partial charge is 0.227 e. The van der Waals surface area contributed by atoms with Gasteiger partial charge in [-0.15, -0.1) is 0 Å². The molecule has 4 rings (SSSR count). The SMILES string of the molecule is CC1CN(Cc2cccc(Nc3nccc(-c4ccc(Cl)nc4)n3)c2)CCN1. The van der Waals surface area contributed by atoms with Crippen molar-refractivity contribution in [1.29, 1.82) is 0 Å². The lowest BCUT2D eigenvalue weighted by molar-refractivity contribution is 0.199. The Labute approximate surface area is 170 Å². The summed E-state index contributed by atoms with van der Waals surface area (Å²) in [4.78, 5) is 15.5. The first kappa shape index (κ1) is 18.8. The van der Waals surface area contributed by atoms with E-state index < -0.39 is 0 Å². The molecule has 1 aliphatic heterocycles. The van der Waals surface area contributed by atoms with E-state index in [9.17, 15) is 0 Å². The number of hydrogen-bond acceptors (Lipinski definition) is 6. The van der Waals surface area contributed by atoms with Crippen molar-refractivity contribution in [1.82, 2.24) is 25.2 Å². The normalized spacial score (nSPS) is 17.4. The van der Waals surface area contributed by atoms with E-state index in [1.54, 1.807) is 18.5 Å². The van der Waals surface area contributed by atoms with Crippen LogP contribution in [0.2, 0.25) is 5.15 Å². The maximum absolute atomic E-state index is 5.87. The lowest BCUT2D eigenvalue weighted by Gasteiger charge is -2.31. The van der Waals surface area contributed by atoms with Gasteiger partial charge >= 0.3 is 0 Å². The van der Waals surface area contributed by atoms with Crippen LogP contribution in [0.3, 0.4) is 0 Å². The molecule has 0 spiro atoms. The van der Waals surface area contributed by atoms with Crippen LogP contribution in [0, 0.1) is 0 Å². The van der Waals surface area contributed by atoms with Crippen molar-refractivity contribution in [2.24, 2.45) is 0 Å². The van der Waals surface area contributed by atoms with Crippen LogP contribution in [0.15, 0.2) is 54.9 Å². The number of halogens is 1. The molecule has 2 aromatic heterocycles. The molecule has 1 fully saturated rings. The zero-order chi connectivity index (χ0) is 19.3. The Morgan fingerprint density at radius 3 is 2.96 bits per heavy atom. The van der Waals surface area contributed by atoms with Gasteiger partial charge in [0, 0.05) is 55.9 Å². The quantitative estimate of drug-likeness (QED) is 0.643. The summed E-state index contributed by atoms with van der Waals surface area (Å²) in [5.41, 5.74) is 3.95. The van der Waals surface area contributed by atoms with E-state index in [0.717, 1.165) is 43.1 Å². The molecule has 0 saturated carbocycles. The van der Waals surface area contributed by atoms with E-state index in [4.69, 9.17) is 11.6 Å². The van der Waals surface area contributed by atoms with Gasteiger partial charge in [0.1, 0.15) is 5.15 Å². The highest BCUT2D eigenvalue weighted by Gasteiger charge is 2.15. The maximum atomic E-state index is 5.87. The summed E-state index contributed by atoms with van der Waals surface area (Å²) in [7, 11) is 0. The fraction of sp³-hybridized carbons (Fsp3) is 0.286. The van der Waals surface area contributed by atoms with Gasteiger partial charge in [-0.1, -0.05) is 23.7 Å². The van der Waals surface area contributed by atoms with E-state index in [-0.39, 0.29) is 0 Å². The van der Waals surface area contributed by atoms with Crippen molar-refractivity contribution in [3.8, 4) is 11.3 Å². The molecule has 1 aromatic carbocycles. The monoisotopic (exact) mass is 394 g/mol. The van der Waals surface area contributed by atoms with Gasteiger partial charge in [0.15, 0.2) is 0 Å². The second-order valence-corrected chi connectivity index (χ2v) is 7.44. The molecule has 6 nitrogen and oxygen atoms in total. The average Bonchev–Trinajstić information content (AvgIpc) is 2.69. The van der Waals surface area contributed by atoms with Gasteiger partial charge < -0.3 is 10.6 Å². The number of rotatable bonds is 5. The average molecular weight is 395 g/mol. The maximum Gasteiger partial charge on any atom is 0.227 e. The summed E-state index contributed by atoms with van der Waals surface area (Å²) in [6.07, 6.45) is 3.45. The van der Waals surface area contributed by atoms with Gasteiger partial charge in [0.25, 0.3) is 0 Å². The van der Waals surface area contributed by atoms with Crippen molar-refractivity contribution in [3.05, 3.63) is 65.6 Å². The zero-order valence-corrected chi connectivity index (χ0v) is 16.5. The second kappa shape index (κ2) is 8.65. The molecule has 1 saturated heterocycles. The van der Waals surface area contributed by atoms with Gasteiger partial charge in [-0.3, -0.25) is 4.90 Å². The van der Waals surface area contributed by atoms with E-state index in [1.165, 1.54) is 5.56 Å². The Balaban J connectivity index is 1.47. The molecular formula is C21H23ClN6. The standard InChI is InChI=1S/C21H23ClN6/c1-15-13-28(10-9-23-15)14-16-3-2-4-18(11-16)26-21-24-8-7-19(27-21)17-5-6-20(22)25-12-17/h2-8,11-12,15,23H,9-10,13-14H2,1H3,(H,24,26,27). The van der Waals surface area contributed by atoms with E-state index in [0.29, 0.717) is 17.1 Å². The third-order valence-corrected chi connectivity index (χ3v) is 4.94. The fourth-order valence-corrected chi connectivity index (χ4v) is 3.51. The van der Waals surface area contributed by atoms with Crippen LogP contribution in [-0.4, -0.2) is 45.5 Å². The number of anilines is 2. The number of hydrogen-bond donors (Lipinski definition) is 2. The van der Waals surface area contributed by atoms with Gasteiger partial charge in [0.2, 0.25) is 5.95 Å². The molecule has 3 heterocycles. The predicted octanol–water partition coefficient (Wildman–Crippen LogP) is 3.73. The third kappa shape index (κ3) is 4.84. The zero-order valence-electron chi connectivity index (χ0n) is 15.8.